The Morgan fingerprint density at radius 1 is 1.38 bits per heavy atom. The standard InChI is InChI=1S/C15H25N3O2S/c1-4-12-7-8-13(16)10-15(12)21(19,20)18-9-5-6-14(18)11-17(2)3/h7-8,10,14H,4-6,9,11,16H2,1-3H3. The van der Waals surface area contributed by atoms with Gasteiger partial charge in [-0.05, 0) is 51.1 Å². The minimum Gasteiger partial charge on any atom is -0.399 e. The van der Waals surface area contributed by atoms with E-state index in [2.05, 4.69) is 0 Å². The minimum atomic E-state index is -3.47. The van der Waals surface area contributed by atoms with E-state index in [1.807, 2.05) is 32.0 Å². The van der Waals surface area contributed by atoms with Crippen LogP contribution >= 0.6 is 0 Å². The molecule has 1 unspecified atom stereocenters. The molecule has 0 aliphatic carbocycles. The quantitative estimate of drug-likeness (QED) is 0.838. The average molecular weight is 311 g/mol. The van der Waals surface area contributed by atoms with Crippen LogP contribution in [-0.2, 0) is 16.4 Å². The van der Waals surface area contributed by atoms with Crippen LogP contribution in [0.15, 0.2) is 23.1 Å². The molecule has 0 radical (unpaired) electrons. The van der Waals surface area contributed by atoms with Gasteiger partial charge in [-0.2, -0.15) is 4.31 Å². The number of likely N-dealkylation sites (N-methyl/N-ethyl adjacent to an activating group) is 1. The normalized spacial score (nSPS) is 20.3. The topological polar surface area (TPSA) is 66.6 Å². The third-order valence-electron chi connectivity index (χ3n) is 3.96. The fourth-order valence-corrected chi connectivity index (χ4v) is 4.97. The highest BCUT2D eigenvalue weighted by atomic mass is 32.2. The molecule has 0 bridgehead atoms. The molecule has 21 heavy (non-hydrogen) atoms. The summed E-state index contributed by atoms with van der Waals surface area (Å²) >= 11 is 0. The summed E-state index contributed by atoms with van der Waals surface area (Å²) in [6, 6.07) is 5.23. The highest BCUT2D eigenvalue weighted by molar-refractivity contribution is 7.89. The zero-order valence-electron chi connectivity index (χ0n) is 13.0. The molecule has 1 saturated heterocycles. The van der Waals surface area contributed by atoms with Gasteiger partial charge >= 0.3 is 0 Å². The number of sulfonamides is 1. The summed E-state index contributed by atoms with van der Waals surface area (Å²) in [5, 5.41) is 0. The van der Waals surface area contributed by atoms with E-state index in [1.54, 1.807) is 16.4 Å². The maximum absolute atomic E-state index is 13.0. The van der Waals surface area contributed by atoms with Gasteiger partial charge in [0.05, 0.1) is 4.90 Å². The summed E-state index contributed by atoms with van der Waals surface area (Å²) < 4.78 is 27.7. The minimum absolute atomic E-state index is 0.0520. The molecule has 1 aliphatic heterocycles. The Morgan fingerprint density at radius 2 is 2.10 bits per heavy atom. The first-order valence-electron chi connectivity index (χ1n) is 7.41. The Balaban J connectivity index is 2.39. The summed E-state index contributed by atoms with van der Waals surface area (Å²) in [6.45, 7) is 3.31. The summed E-state index contributed by atoms with van der Waals surface area (Å²) in [6.07, 6.45) is 2.52. The second-order valence-electron chi connectivity index (χ2n) is 5.89. The smallest absolute Gasteiger partial charge is 0.243 e. The molecule has 0 amide bonds. The fourth-order valence-electron chi connectivity index (χ4n) is 2.96. The van der Waals surface area contributed by atoms with E-state index < -0.39 is 10.0 Å². The maximum Gasteiger partial charge on any atom is 0.243 e. The van der Waals surface area contributed by atoms with Crippen molar-refractivity contribution in [2.45, 2.75) is 37.1 Å². The second-order valence-corrected chi connectivity index (χ2v) is 7.75. The molecular weight excluding hydrogens is 286 g/mol. The largest absolute Gasteiger partial charge is 0.399 e. The molecule has 0 aromatic heterocycles. The first-order chi connectivity index (χ1) is 9.86. The Kier molecular flexibility index (Phi) is 4.91. The van der Waals surface area contributed by atoms with Crippen molar-refractivity contribution >= 4 is 15.7 Å². The van der Waals surface area contributed by atoms with Crippen LogP contribution in [0.3, 0.4) is 0 Å². The fraction of sp³-hybridized carbons (Fsp3) is 0.600. The lowest BCUT2D eigenvalue weighted by Crippen LogP contribution is -2.41. The SMILES string of the molecule is CCc1ccc(N)cc1S(=O)(=O)N1CCCC1CN(C)C. The number of hydrogen-bond donors (Lipinski definition) is 1. The lowest BCUT2D eigenvalue weighted by molar-refractivity contribution is 0.291. The second kappa shape index (κ2) is 6.34. The van der Waals surface area contributed by atoms with Crippen LogP contribution in [0.25, 0.3) is 0 Å². The molecule has 118 valence electrons. The third kappa shape index (κ3) is 3.39. The van der Waals surface area contributed by atoms with Crippen LogP contribution in [0.1, 0.15) is 25.3 Å². The molecule has 1 aromatic rings. The van der Waals surface area contributed by atoms with Crippen molar-refractivity contribution in [1.82, 2.24) is 9.21 Å². The van der Waals surface area contributed by atoms with Gasteiger partial charge in [-0.25, -0.2) is 8.42 Å². The molecular formula is C15H25N3O2S. The predicted molar refractivity (Wildman–Crippen MR) is 85.7 cm³/mol. The molecule has 2 rings (SSSR count). The van der Waals surface area contributed by atoms with Gasteiger partial charge in [0.15, 0.2) is 0 Å². The maximum atomic E-state index is 13.0. The first-order valence-corrected chi connectivity index (χ1v) is 8.85. The van der Waals surface area contributed by atoms with Gasteiger partial charge in [0.1, 0.15) is 0 Å². The number of aryl methyl sites for hydroxylation is 1. The average Bonchev–Trinajstić information content (AvgIpc) is 2.86. The molecule has 1 heterocycles. The van der Waals surface area contributed by atoms with Crippen molar-refractivity contribution in [3.05, 3.63) is 23.8 Å². The van der Waals surface area contributed by atoms with Gasteiger partial charge in [0, 0.05) is 24.8 Å². The van der Waals surface area contributed by atoms with Crippen LogP contribution in [0.2, 0.25) is 0 Å². The van der Waals surface area contributed by atoms with Crippen molar-refractivity contribution in [2.24, 2.45) is 0 Å². The molecule has 1 fully saturated rings. The number of anilines is 1. The van der Waals surface area contributed by atoms with Crippen LogP contribution in [0, 0.1) is 0 Å². The molecule has 1 atom stereocenters. The van der Waals surface area contributed by atoms with E-state index in [-0.39, 0.29) is 6.04 Å². The Morgan fingerprint density at radius 3 is 2.71 bits per heavy atom. The van der Waals surface area contributed by atoms with Gasteiger partial charge < -0.3 is 10.6 Å². The van der Waals surface area contributed by atoms with E-state index in [0.717, 1.165) is 24.9 Å². The van der Waals surface area contributed by atoms with Crippen LogP contribution in [0.5, 0.6) is 0 Å². The highest BCUT2D eigenvalue weighted by Gasteiger charge is 2.36. The van der Waals surface area contributed by atoms with Gasteiger partial charge in [0.2, 0.25) is 10.0 Å². The van der Waals surface area contributed by atoms with E-state index in [0.29, 0.717) is 23.5 Å². The van der Waals surface area contributed by atoms with Crippen LogP contribution < -0.4 is 5.73 Å². The van der Waals surface area contributed by atoms with Gasteiger partial charge in [0.25, 0.3) is 0 Å². The van der Waals surface area contributed by atoms with Crippen molar-refractivity contribution in [1.29, 1.82) is 0 Å². The first kappa shape index (κ1) is 16.3. The monoisotopic (exact) mass is 311 g/mol. The Bertz CT molecular complexity index is 599. The van der Waals surface area contributed by atoms with E-state index in [1.165, 1.54) is 0 Å². The molecule has 1 aliphatic rings. The van der Waals surface area contributed by atoms with Gasteiger partial charge in [-0.3, -0.25) is 0 Å². The summed E-state index contributed by atoms with van der Waals surface area (Å²) in [4.78, 5) is 2.41. The zero-order chi connectivity index (χ0) is 15.6. The van der Waals surface area contributed by atoms with Crippen molar-refractivity contribution in [3.8, 4) is 0 Å². The lowest BCUT2D eigenvalue weighted by atomic mass is 10.1. The summed E-state index contributed by atoms with van der Waals surface area (Å²) in [5.41, 5.74) is 7.13. The van der Waals surface area contributed by atoms with E-state index >= 15 is 0 Å². The molecule has 5 nitrogen and oxygen atoms in total. The third-order valence-corrected chi connectivity index (χ3v) is 5.99. The summed E-state index contributed by atoms with van der Waals surface area (Å²) in [7, 11) is 0.475. The van der Waals surface area contributed by atoms with Crippen molar-refractivity contribution in [3.63, 3.8) is 0 Å². The number of nitrogens with two attached hydrogens (primary N) is 1. The number of rotatable bonds is 5. The number of nitrogens with zero attached hydrogens (tertiary/aromatic N) is 2. The number of benzene rings is 1. The molecule has 0 saturated carbocycles. The van der Waals surface area contributed by atoms with E-state index in [9.17, 15) is 8.42 Å². The highest BCUT2D eigenvalue weighted by Crippen LogP contribution is 2.29. The number of hydrogen-bond acceptors (Lipinski definition) is 4. The number of nitrogen functional groups attached to an aromatic ring is 1. The molecule has 6 heteroatoms. The van der Waals surface area contributed by atoms with E-state index in [4.69, 9.17) is 5.73 Å². The molecule has 2 N–H and O–H groups in total. The zero-order valence-corrected chi connectivity index (χ0v) is 13.9. The Labute approximate surface area is 127 Å². The van der Waals surface area contributed by atoms with Gasteiger partial charge in [-0.1, -0.05) is 13.0 Å². The van der Waals surface area contributed by atoms with Crippen LogP contribution in [0.4, 0.5) is 5.69 Å². The van der Waals surface area contributed by atoms with Crippen molar-refractivity contribution < 1.29 is 8.42 Å². The van der Waals surface area contributed by atoms with Gasteiger partial charge in [-0.15, -0.1) is 0 Å². The predicted octanol–water partition coefficient (Wildman–Crippen LogP) is 1.55. The van der Waals surface area contributed by atoms with Crippen LogP contribution in [-0.4, -0.2) is 50.8 Å². The molecule has 0 spiro atoms. The summed E-state index contributed by atoms with van der Waals surface area (Å²) in [5.74, 6) is 0. The molecule has 1 aromatic carbocycles. The Hall–Kier alpha value is -1.11. The van der Waals surface area contributed by atoms with Crippen molar-refractivity contribution in [2.75, 3.05) is 32.9 Å². The lowest BCUT2D eigenvalue weighted by Gasteiger charge is -2.27.